The maximum absolute atomic E-state index is 12.3. The van der Waals surface area contributed by atoms with E-state index in [0.717, 1.165) is 32.1 Å². The van der Waals surface area contributed by atoms with E-state index in [9.17, 15) is 14.7 Å². The van der Waals surface area contributed by atoms with Gasteiger partial charge in [-0.15, -0.1) is 0 Å². The van der Waals surface area contributed by atoms with E-state index in [0.29, 0.717) is 54.8 Å². The molecule has 1 N–H and O–H groups in total. The quantitative estimate of drug-likeness (QED) is 0.559. The van der Waals surface area contributed by atoms with Crippen molar-refractivity contribution >= 4 is 11.8 Å². The van der Waals surface area contributed by atoms with E-state index >= 15 is 0 Å². The monoisotopic (exact) mass is 432 g/mol. The molecule has 9 atom stereocenters. The molecule has 4 nitrogen and oxygen atoms in total. The number of carbonyl (C=O) groups is 2. The van der Waals surface area contributed by atoms with Gasteiger partial charge in [0.1, 0.15) is 5.78 Å². The van der Waals surface area contributed by atoms with Crippen molar-refractivity contribution in [3.8, 4) is 0 Å². The second-order valence-electron chi connectivity index (χ2n) is 11.7. The average Bonchev–Trinajstić information content (AvgIpc) is 3.06. The second-order valence-corrected chi connectivity index (χ2v) is 11.7. The lowest BCUT2D eigenvalue weighted by Gasteiger charge is -2.64. The Hall–Kier alpha value is -0.900. The molecule has 4 heteroatoms. The predicted octanol–water partition coefficient (Wildman–Crippen LogP) is 5.55. The van der Waals surface area contributed by atoms with Crippen LogP contribution in [0, 0.1) is 46.3 Å². The highest BCUT2D eigenvalue weighted by atomic mass is 16.5. The Kier molecular flexibility index (Phi) is 6.60. The zero-order chi connectivity index (χ0) is 22.4. The first-order valence-electron chi connectivity index (χ1n) is 13.1. The molecule has 0 spiro atoms. The highest BCUT2D eigenvalue weighted by Gasteiger charge is 2.64. The highest BCUT2D eigenvalue weighted by Crippen LogP contribution is 2.68. The lowest BCUT2D eigenvalue weighted by atomic mass is 9.41. The Morgan fingerprint density at radius 1 is 1.06 bits per heavy atom. The fourth-order valence-corrected chi connectivity index (χ4v) is 9.07. The average molecular weight is 433 g/mol. The molecule has 0 heterocycles. The van der Waals surface area contributed by atoms with E-state index in [1.54, 1.807) is 0 Å². The van der Waals surface area contributed by atoms with Gasteiger partial charge in [0, 0.05) is 19.3 Å². The van der Waals surface area contributed by atoms with Gasteiger partial charge in [0.05, 0.1) is 12.7 Å². The van der Waals surface area contributed by atoms with Crippen LogP contribution in [0.2, 0.25) is 0 Å². The molecule has 176 valence electrons. The maximum atomic E-state index is 12.3. The van der Waals surface area contributed by atoms with Crippen LogP contribution in [-0.2, 0) is 14.3 Å². The number of hydrogen-bond donors (Lipinski definition) is 1. The summed E-state index contributed by atoms with van der Waals surface area (Å²) < 4.78 is 5.12. The van der Waals surface area contributed by atoms with Crippen molar-refractivity contribution in [2.45, 2.75) is 104 Å². The van der Waals surface area contributed by atoms with Gasteiger partial charge in [-0.05, 0) is 98.2 Å². The third-order valence-electron chi connectivity index (χ3n) is 10.7. The zero-order valence-corrected chi connectivity index (χ0v) is 20.2. The molecule has 0 aromatic carbocycles. The van der Waals surface area contributed by atoms with Crippen LogP contribution in [0.1, 0.15) is 98.3 Å². The first kappa shape index (κ1) is 23.3. The number of Topliss-reactive ketones (excluding diaryl/α,β-unsaturated/α-hetero) is 1. The van der Waals surface area contributed by atoms with Gasteiger partial charge in [0.25, 0.3) is 0 Å². The van der Waals surface area contributed by atoms with Crippen molar-refractivity contribution in [2.75, 3.05) is 6.61 Å². The normalized spacial score (nSPS) is 46.7. The van der Waals surface area contributed by atoms with Crippen molar-refractivity contribution in [1.29, 1.82) is 0 Å². The van der Waals surface area contributed by atoms with Gasteiger partial charge in [-0.2, -0.15) is 0 Å². The van der Waals surface area contributed by atoms with E-state index in [1.165, 1.54) is 25.7 Å². The molecule has 4 aliphatic carbocycles. The first-order chi connectivity index (χ1) is 14.8. The first-order valence-corrected chi connectivity index (χ1v) is 13.1. The summed E-state index contributed by atoms with van der Waals surface area (Å²) in [7, 11) is 0. The van der Waals surface area contributed by atoms with Crippen molar-refractivity contribution in [3.05, 3.63) is 0 Å². The van der Waals surface area contributed by atoms with Crippen LogP contribution in [-0.4, -0.2) is 29.6 Å². The number of hydrogen-bond acceptors (Lipinski definition) is 4. The van der Waals surface area contributed by atoms with Crippen LogP contribution in [0.4, 0.5) is 0 Å². The summed E-state index contributed by atoms with van der Waals surface area (Å²) >= 11 is 0. The third-order valence-corrected chi connectivity index (χ3v) is 10.7. The van der Waals surface area contributed by atoms with Crippen LogP contribution in [0.5, 0.6) is 0 Å². The molecule has 0 radical (unpaired) electrons. The Morgan fingerprint density at radius 2 is 1.81 bits per heavy atom. The summed E-state index contributed by atoms with van der Waals surface area (Å²) in [5.74, 6) is 3.15. The summed E-state index contributed by atoms with van der Waals surface area (Å²) in [6, 6.07) is 0. The summed E-state index contributed by atoms with van der Waals surface area (Å²) in [6.45, 7) is 9.49. The summed E-state index contributed by atoms with van der Waals surface area (Å²) in [6.07, 6.45) is 10.6. The molecule has 31 heavy (non-hydrogen) atoms. The van der Waals surface area contributed by atoms with Crippen molar-refractivity contribution in [2.24, 2.45) is 46.3 Å². The minimum atomic E-state index is -0.262. The van der Waals surface area contributed by atoms with Gasteiger partial charge in [0.2, 0.25) is 0 Å². The molecule has 4 fully saturated rings. The standard InChI is InChI=1S/C27H44O4/c1-5-19-22-16-18(28)12-14-27(22,4)21-13-15-26(3)17(8-7-9-23(29)31-6-2)10-11-20(26)24(21)25(19)30/h17,19-22,24-25,30H,5-16H2,1-4H3/t17-,19-,20?,21?,22-,24?,25+,26+,27+/m0/s1. The van der Waals surface area contributed by atoms with Crippen LogP contribution in [0.3, 0.4) is 0 Å². The molecule has 0 saturated heterocycles. The molecule has 4 saturated carbocycles. The summed E-state index contributed by atoms with van der Waals surface area (Å²) in [4.78, 5) is 24.1. The molecular formula is C27H44O4. The van der Waals surface area contributed by atoms with Gasteiger partial charge in [0.15, 0.2) is 0 Å². The molecule has 0 aliphatic heterocycles. The lowest BCUT2D eigenvalue weighted by molar-refractivity contribution is -0.193. The van der Waals surface area contributed by atoms with E-state index in [1.807, 2.05) is 6.92 Å². The number of ketones is 1. The maximum Gasteiger partial charge on any atom is 0.305 e. The molecule has 0 aromatic heterocycles. The summed E-state index contributed by atoms with van der Waals surface area (Å²) in [5.41, 5.74) is 0.491. The van der Waals surface area contributed by atoms with Gasteiger partial charge in [-0.3, -0.25) is 9.59 Å². The summed E-state index contributed by atoms with van der Waals surface area (Å²) in [5, 5.41) is 11.7. The number of ether oxygens (including phenoxy) is 1. The minimum Gasteiger partial charge on any atom is -0.466 e. The molecule has 3 unspecified atom stereocenters. The van der Waals surface area contributed by atoms with Gasteiger partial charge >= 0.3 is 5.97 Å². The van der Waals surface area contributed by atoms with Crippen LogP contribution in [0.25, 0.3) is 0 Å². The number of rotatable bonds is 6. The van der Waals surface area contributed by atoms with Gasteiger partial charge in [-0.1, -0.05) is 27.2 Å². The Balaban J connectivity index is 1.52. The second kappa shape index (κ2) is 8.80. The Bertz CT molecular complexity index is 689. The zero-order valence-electron chi connectivity index (χ0n) is 20.2. The SMILES string of the molecule is CCOC(=O)CCC[C@H]1CCC2C3C(CC[C@@]21C)[C@@]1(C)CCC(=O)C[C@H]1[C@H](CC)[C@H]3O. The van der Waals surface area contributed by atoms with Crippen molar-refractivity contribution in [3.63, 3.8) is 0 Å². The Labute approximate surface area is 188 Å². The Morgan fingerprint density at radius 3 is 2.52 bits per heavy atom. The molecule has 0 amide bonds. The van der Waals surface area contributed by atoms with Crippen LogP contribution in [0.15, 0.2) is 0 Å². The molecule has 4 aliphatic rings. The number of fused-ring (bicyclic) bond motifs is 5. The van der Waals surface area contributed by atoms with Crippen molar-refractivity contribution in [1.82, 2.24) is 0 Å². The molecule has 4 rings (SSSR count). The van der Waals surface area contributed by atoms with Gasteiger partial charge < -0.3 is 9.84 Å². The van der Waals surface area contributed by atoms with E-state index in [2.05, 4.69) is 20.8 Å². The lowest BCUT2D eigenvalue weighted by Crippen LogP contribution is -2.61. The predicted molar refractivity (Wildman–Crippen MR) is 121 cm³/mol. The smallest absolute Gasteiger partial charge is 0.305 e. The van der Waals surface area contributed by atoms with E-state index in [4.69, 9.17) is 4.74 Å². The fraction of sp³-hybridized carbons (Fsp3) is 0.926. The molecule has 0 aromatic rings. The number of aliphatic hydroxyl groups excluding tert-OH is 1. The topological polar surface area (TPSA) is 63.6 Å². The molecular weight excluding hydrogens is 388 g/mol. The van der Waals surface area contributed by atoms with Gasteiger partial charge in [-0.25, -0.2) is 0 Å². The molecule has 0 bridgehead atoms. The highest BCUT2D eigenvalue weighted by molar-refractivity contribution is 5.79. The number of carbonyl (C=O) groups excluding carboxylic acids is 2. The fourth-order valence-electron chi connectivity index (χ4n) is 9.07. The van der Waals surface area contributed by atoms with Crippen molar-refractivity contribution < 1.29 is 19.4 Å². The number of esters is 1. The largest absolute Gasteiger partial charge is 0.466 e. The van der Waals surface area contributed by atoms with Crippen LogP contribution >= 0.6 is 0 Å². The number of aliphatic hydroxyl groups is 1. The van der Waals surface area contributed by atoms with E-state index < -0.39 is 0 Å². The van der Waals surface area contributed by atoms with E-state index in [-0.39, 0.29) is 28.8 Å². The van der Waals surface area contributed by atoms with Crippen LogP contribution < -0.4 is 0 Å². The third kappa shape index (κ3) is 3.79. The minimum absolute atomic E-state index is 0.0646.